The van der Waals surface area contributed by atoms with Crippen LogP contribution in [0, 0.1) is 0 Å². The Bertz CT molecular complexity index is 199. The molecule has 1 rings (SSSR count). The Morgan fingerprint density at radius 1 is 1.20 bits per heavy atom. The fourth-order valence-electron chi connectivity index (χ4n) is 0.560. The van der Waals surface area contributed by atoms with Crippen molar-refractivity contribution in [1.29, 1.82) is 0 Å². The van der Waals surface area contributed by atoms with Crippen LogP contribution in [0.5, 0.6) is 0 Å². The van der Waals surface area contributed by atoms with Crippen LogP contribution in [0.3, 0.4) is 0 Å². The van der Waals surface area contributed by atoms with Crippen LogP contribution in [-0.2, 0) is 0 Å². The van der Waals surface area contributed by atoms with Crippen molar-refractivity contribution in [3.63, 3.8) is 0 Å². The molecule has 0 aliphatic heterocycles. The highest BCUT2D eigenvalue weighted by atomic mass is 35.7. The van der Waals surface area contributed by atoms with Crippen molar-refractivity contribution < 1.29 is 0 Å². The lowest BCUT2D eigenvalue weighted by molar-refractivity contribution is 1.48. The number of anilines is 1. The van der Waals surface area contributed by atoms with Gasteiger partial charge in [-0.05, 0) is 45.7 Å². The summed E-state index contributed by atoms with van der Waals surface area (Å²) in [7, 11) is 8.14. The van der Waals surface area contributed by atoms with Gasteiger partial charge in [-0.2, -0.15) is 0 Å². The van der Waals surface area contributed by atoms with Gasteiger partial charge in [-0.3, -0.25) is 0 Å². The predicted octanol–water partition coefficient (Wildman–Crippen LogP) is 3.16. The molecule has 10 heavy (non-hydrogen) atoms. The highest BCUT2D eigenvalue weighted by molar-refractivity contribution is 8.85. The maximum atomic E-state index is 5.47. The van der Waals surface area contributed by atoms with Gasteiger partial charge in [0.1, 0.15) is 0 Å². The molecule has 0 heterocycles. The molecule has 0 spiro atoms. The number of hydrogen-bond acceptors (Lipinski definition) is 3. The molecule has 0 radical (unpaired) electrons. The van der Waals surface area contributed by atoms with Crippen molar-refractivity contribution in [3.05, 3.63) is 24.3 Å². The highest BCUT2D eigenvalue weighted by Crippen LogP contribution is 2.33. The predicted molar refractivity (Wildman–Crippen MR) is 50.2 cm³/mol. The molecule has 0 saturated heterocycles. The van der Waals surface area contributed by atoms with Gasteiger partial charge in [0.05, 0.1) is 0 Å². The van der Waals surface area contributed by atoms with Gasteiger partial charge in [0.15, 0.2) is 0 Å². The van der Waals surface area contributed by atoms with Crippen molar-refractivity contribution in [2.45, 2.75) is 4.90 Å². The zero-order chi connectivity index (χ0) is 7.40. The molecule has 0 aliphatic carbocycles. The number of hydrogen-bond donors (Lipinski definition) is 1. The molecule has 0 bridgehead atoms. The first-order valence-corrected chi connectivity index (χ1v) is 5.61. The largest absolute Gasteiger partial charge is 0.399 e. The summed E-state index contributed by atoms with van der Waals surface area (Å²) in [6.07, 6.45) is 0. The third-order valence-electron chi connectivity index (χ3n) is 1.01. The van der Waals surface area contributed by atoms with E-state index in [0.29, 0.717) is 0 Å². The van der Waals surface area contributed by atoms with E-state index in [2.05, 4.69) is 0 Å². The second kappa shape index (κ2) is 4.01. The number of nitrogens with two attached hydrogens (primary N) is 1. The van der Waals surface area contributed by atoms with Crippen molar-refractivity contribution in [3.8, 4) is 0 Å². The van der Waals surface area contributed by atoms with Crippen molar-refractivity contribution in [2.75, 3.05) is 5.73 Å². The summed E-state index contributed by atoms with van der Waals surface area (Å²) in [4.78, 5) is 1.12. The van der Waals surface area contributed by atoms with Gasteiger partial charge in [-0.1, -0.05) is 0 Å². The van der Waals surface area contributed by atoms with Gasteiger partial charge in [0.2, 0.25) is 0 Å². The summed E-state index contributed by atoms with van der Waals surface area (Å²) in [6.45, 7) is 0. The maximum absolute atomic E-state index is 5.47. The second-order valence-corrected chi connectivity index (χ2v) is 4.49. The first kappa shape index (κ1) is 8.11. The molecule has 0 atom stereocenters. The van der Waals surface area contributed by atoms with Crippen LogP contribution in [0.4, 0.5) is 5.69 Å². The maximum Gasteiger partial charge on any atom is 0.0314 e. The highest BCUT2D eigenvalue weighted by Gasteiger charge is 1.90. The fourth-order valence-corrected chi connectivity index (χ4v) is 2.09. The van der Waals surface area contributed by atoms with Crippen molar-refractivity contribution in [1.82, 2.24) is 0 Å². The summed E-state index contributed by atoms with van der Waals surface area (Å²) >= 11 is 0. The minimum atomic E-state index is 0.781. The van der Waals surface area contributed by atoms with Gasteiger partial charge in [0.25, 0.3) is 0 Å². The molecule has 2 N–H and O–H groups in total. The number of benzene rings is 1. The van der Waals surface area contributed by atoms with E-state index in [1.165, 1.54) is 20.8 Å². The van der Waals surface area contributed by atoms with E-state index in [0.717, 1.165) is 10.6 Å². The summed E-state index contributed by atoms with van der Waals surface area (Å²) in [5, 5.41) is 0. The molecule has 0 amide bonds. The standard InChI is InChI=1S/C6H6ClNS2/c7-10-9-6-3-1-5(8)2-4-6/h1-4H,8H2. The topological polar surface area (TPSA) is 26.0 Å². The van der Waals surface area contributed by atoms with Crippen molar-refractivity contribution in [2.24, 2.45) is 0 Å². The molecule has 0 fully saturated rings. The summed E-state index contributed by atoms with van der Waals surface area (Å²) in [6, 6.07) is 7.59. The molecule has 1 nitrogen and oxygen atoms in total. The lowest BCUT2D eigenvalue weighted by Gasteiger charge is -1.95. The first-order valence-electron chi connectivity index (χ1n) is 2.64. The van der Waals surface area contributed by atoms with Crippen molar-refractivity contribution >= 4 is 37.2 Å². The minimum Gasteiger partial charge on any atom is -0.399 e. The van der Waals surface area contributed by atoms with E-state index in [1.54, 1.807) is 0 Å². The zero-order valence-corrected chi connectivity index (χ0v) is 7.47. The molecule has 0 unspecified atom stereocenters. The third kappa shape index (κ3) is 2.33. The Hall–Kier alpha value is 0.01000. The Morgan fingerprint density at radius 3 is 2.30 bits per heavy atom. The van der Waals surface area contributed by atoms with Crippen LogP contribution in [0.1, 0.15) is 0 Å². The lowest BCUT2D eigenvalue weighted by Crippen LogP contribution is -1.81. The van der Waals surface area contributed by atoms with Gasteiger partial charge < -0.3 is 5.73 Å². The van der Waals surface area contributed by atoms with Gasteiger partial charge in [-0.25, -0.2) is 0 Å². The smallest absolute Gasteiger partial charge is 0.0314 e. The third-order valence-corrected chi connectivity index (χ3v) is 2.87. The van der Waals surface area contributed by atoms with E-state index in [-0.39, 0.29) is 0 Å². The van der Waals surface area contributed by atoms with Crippen LogP contribution >= 0.6 is 31.5 Å². The zero-order valence-electron chi connectivity index (χ0n) is 5.08. The quantitative estimate of drug-likeness (QED) is 0.575. The molecular formula is C6H6ClNS2. The Kier molecular flexibility index (Phi) is 3.25. The van der Waals surface area contributed by atoms with Crippen LogP contribution in [0.2, 0.25) is 0 Å². The summed E-state index contributed by atoms with van der Waals surface area (Å²) in [5.74, 6) is 0. The molecule has 54 valence electrons. The van der Waals surface area contributed by atoms with E-state index in [4.69, 9.17) is 16.4 Å². The van der Waals surface area contributed by atoms with E-state index in [9.17, 15) is 0 Å². The van der Waals surface area contributed by atoms with Crippen LogP contribution in [0.15, 0.2) is 29.2 Å². The van der Waals surface area contributed by atoms with Crippen LogP contribution in [0.25, 0.3) is 0 Å². The Labute approximate surface area is 72.2 Å². The normalized spacial score (nSPS) is 9.70. The fraction of sp³-hybridized carbons (Fsp3) is 0. The number of halogens is 1. The average Bonchev–Trinajstić information content (AvgIpc) is 1.95. The first-order chi connectivity index (χ1) is 4.83. The van der Waals surface area contributed by atoms with Gasteiger partial charge >= 0.3 is 0 Å². The summed E-state index contributed by atoms with van der Waals surface area (Å²) in [5.41, 5.74) is 6.26. The average molecular weight is 192 g/mol. The second-order valence-electron chi connectivity index (χ2n) is 1.72. The van der Waals surface area contributed by atoms with Gasteiger partial charge in [-0.15, -0.1) is 0 Å². The number of rotatable bonds is 2. The van der Waals surface area contributed by atoms with E-state index in [1.807, 2.05) is 24.3 Å². The molecule has 1 aromatic carbocycles. The summed E-state index contributed by atoms with van der Waals surface area (Å²) < 4.78 is 0. The Morgan fingerprint density at radius 2 is 1.80 bits per heavy atom. The molecule has 1 aromatic rings. The minimum absolute atomic E-state index is 0.781. The monoisotopic (exact) mass is 191 g/mol. The molecule has 0 saturated carbocycles. The Balaban J connectivity index is 2.69. The van der Waals surface area contributed by atoms with Crippen LogP contribution < -0.4 is 5.73 Å². The molecule has 0 aromatic heterocycles. The lowest BCUT2D eigenvalue weighted by atomic mass is 10.3. The van der Waals surface area contributed by atoms with E-state index < -0.39 is 0 Å². The molecule has 0 aliphatic rings. The van der Waals surface area contributed by atoms with E-state index >= 15 is 0 Å². The van der Waals surface area contributed by atoms with Crippen LogP contribution in [-0.4, -0.2) is 0 Å². The molecule has 4 heteroatoms. The SMILES string of the molecule is Nc1ccc(SSCl)cc1. The molecular weight excluding hydrogens is 186 g/mol. The van der Waals surface area contributed by atoms with Gasteiger partial charge in [0, 0.05) is 20.6 Å². The number of nitrogen functional groups attached to an aromatic ring is 1.